The highest BCUT2D eigenvalue weighted by atomic mass is 16.6. The number of nitro benzene ring substituents is 1. The first-order valence-electron chi connectivity index (χ1n) is 6.57. The number of imidazole rings is 1. The summed E-state index contributed by atoms with van der Waals surface area (Å²) in [5.74, 6) is 0.838. The Balaban J connectivity index is 2.20. The van der Waals surface area contributed by atoms with Crippen LogP contribution in [0.1, 0.15) is 11.3 Å². The van der Waals surface area contributed by atoms with Crippen molar-refractivity contribution in [1.82, 2.24) is 9.55 Å². The molecule has 1 aromatic heterocycles. The predicted octanol–water partition coefficient (Wildman–Crippen LogP) is 2.31. The molecule has 2 aromatic rings. The molecule has 0 saturated carbocycles. The smallest absolute Gasteiger partial charge is 0.292 e. The van der Waals surface area contributed by atoms with Crippen molar-refractivity contribution < 1.29 is 4.92 Å². The summed E-state index contributed by atoms with van der Waals surface area (Å²) in [6.07, 6.45) is 1.77. The molecule has 0 fully saturated rings. The van der Waals surface area contributed by atoms with E-state index in [0.29, 0.717) is 12.2 Å². The number of aromatic nitrogens is 2. The van der Waals surface area contributed by atoms with E-state index in [2.05, 4.69) is 10.3 Å². The Labute approximate surface area is 123 Å². The van der Waals surface area contributed by atoms with Crippen LogP contribution in [0.5, 0.6) is 0 Å². The zero-order chi connectivity index (χ0) is 15.6. The number of nitro groups is 1. The van der Waals surface area contributed by atoms with Gasteiger partial charge < -0.3 is 14.8 Å². The van der Waals surface area contributed by atoms with Crippen molar-refractivity contribution >= 4 is 17.3 Å². The highest BCUT2D eigenvalue weighted by Gasteiger charge is 2.14. The first-order chi connectivity index (χ1) is 9.90. The minimum Gasteiger partial charge on any atom is -0.374 e. The third kappa shape index (κ3) is 3.13. The van der Waals surface area contributed by atoms with Gasteiger partial charge >= 0.3 is 0 Å². The molecule has 0 radical (unpaired) electrons. The molecule has 21 heavy (non-hydrogen) atoms. The summed E-state index contributed by atoms with van der Waals surface area (Å²) in [5, 5.41) is 14.2. The van der Waals surface area contributed by atoms with Crippen molar-refractivity contribution in [1.29, 1.82) is 0 Å². The second-order valence-corrected chi connectivity index (χ2v) is 5.13. The average Bonchev–Trinajstić information content (AvgIpc) is 2.77. The van der Waals surface area contributed by atoms with Crippen LogP contribution in [0.2, 0.25) is 0 Å². The first kappa shape index (κ1) is 14.8. The van der Waals surface area contributed by atoms with Crippen LogP contribution in [-0.2, 0) is 13.6 Å². The molecule has 0 amide bonds. The molecular weight excluding hydrogens is 270 g/mol. The van der Waals surface area contributed by atoms with E-state index >= 15 is 0 Å². The van der Waals surface area contributed by atoms with Gasteiger partial charge in [0.1, 0.15) is 5.69 Å². The van der Waals surface area contributed by atoms with Crippen molar-refractivity contribution in [2.75, 3.05) is 24.3 Å². The zero-order valence-corrected chi connectivity index (χ0v) is 12.6. The summed E-state index contributed by atoms with van der Waals surface area (Å²) in [5.41, 5.74) is 2.53. The average molecular weight is 289 g/mol. The maximum absolute atomic E-state index is 11.0. The third-order valence-corrected chi connectivity index (χ3v) is 3.27. The van der Waals surface area contributed by atoms with Gasteiger partial charge in [-0.25, -0.2) is 4.98 Å². The van der Waals surface area contributed by atoms with E-state index in [4.69, 9.17) is 0 Å². The molecule has 0 aliphatic carbocycles. The summed E-state index contributed by atoms with van der Waals surface area (Å²) in [6.45, 7) is 2.38. The van der Waals surface area contributed by atoms with Gasteiger partial charge in [0.05, 0.1) is 23.4 Å². The molecule has 2 rings (SSSR count). The maximum atomic E-state index is 11.0. The van der Waals surface area contributed by atoms with Gasteiger partial charge in [-0.3, -0.25) is 10.1 Å². The summed E-state index contributed by atoms with van der Waals surface area (Å²) < 4.78 is 1.95. The summed E-state index contributed by atoms with van der Waals surface area (Å²) in [6, 6.07) is 5.03. The minimum absolute atomic E-state index is 0.0793. The van der Waals surface area contributed by atoms with Crippen LogP contribution in [-0.4, -0.2) is 28.6 Å². The lowest BCUT2D eigenvalue weighted by Crippen LogP contribution is -2.15. The SMILES string of the molecule is Cc1ccc([N+](=O)[O-])c(NCc2cnc(N(C)C)n2C)c1. The van der Waals surface area contributed by atoms with Crippen LogP contribution in [0.25, 0.3) is 0 Å². The van der Waals surface area contributed by atoms with E-state index in [1.165, 1.54) is 6.07 Å². The van der Waals surface area contributed by atoms with E-state index < -0.39 is 0 Å². The fraction of sp³-hybridized carbons (Fsp3) is 0.357. The Morgan fingerprint density at radius 2 is 2.14 bits per heavy atom. The molecule has 112 valence electrons. The van der Waals surface area contributed by atoms with Crippen molar-refractivity contribution in [3.63, 3.8) is 0 Å². The topological polar surface area (TPSA) is 76.2 Å². The normalized spacial score (nSPS) is 10.5. The minimum atomic E-state index is -0.379. The molecule has 0 spiro atoms. The molecule has 0 aliphatic heterocycles. The maximum Gasteiger partial charge on any atom is 0.292 e. The van der Waals surface area contributed by atoms with Crippen LogP contribution in [0.3, 0.4) is 0 Å². The summed E-state index contributed by atoms with van der Waals surface area (Å²) >= 11 is 0. The monoisotopic (exact) mass is 289 g/mol. The highest BCUT2D eigenvalue weighted by molar-refractivity contribution is 5.62. The van der Waals surface area contributed by atoms with Crippen LogP contribution >= 0.6 is 0 Å². The van der Waals surface area contributed by atoms with Gasteiger partial charge in [0.2, 0.25) is 5.95 Å². The van der Waals surface area contributed by atoms with Crippen LogP contribution in [0.4, 0.5) is 17.3 Å². The van der Waals surface area contributed by atoms with Gasteiger partial charge in [0, 0.05) is 27.2 Å². The lowest BCUT2D eigenvalue weighted by Gasteiger charge is -2.13. The van der Waals surface area contributed by atoms with Gasteiger partial charge in [-0.2, -0.15) is 0 Å². The fourth-order valence-electron chi connectivity index (χ4n) is 2.15. The molecule has 0 unspecified atom stereocenters. The number of aryl methyl sites for hydroxylation is 1. The van der Waals surface area contributed by atoms with E-state index in [0.717, 1.165) is 17.2 Å². The predicted molar refractivity (Wildman–Crippen MR) is 82.7 cm³/mol. The Morgan fingerprint density at radius 3 is 2.71 bits per heavy atom. The second-order valence-electron chi connectivity index (χ2n) is 5.13. The number of nitrogens with one attached hydrogen (secondary N) is 1. The van der Waals surface area contributed by atoms with Gasteiger partial charge in [0.15, 0.2) is 0 Å². The third-order valence-electron chi connectivity index (χ3n) is 3.27. The Morgan fingerprint density at radius 1 is 1.43 bits per heavy atom. The molecule has 0 saturated heterocycles. The highest BCUT2D eigenvalue weighted by Crippen LogP contribution is 2.26. The van der Waals surface area contributed by atoms with E-state index in [1.54, 1.807) is 18.3 Å². The number of hydrogen-bond acceptors (Lipinski definition) is 5. The summed E-state index contributed by atoms with van der Waals surface area (Å²) in [7, 11) is 5.76. The molecule has 1 aromatic carbocycles. The van der Waals surface area contributed by atoms with Crippen LogP contribution < -0.4 is 10.2 Å². The van der Waals surface area contributed by atoms with Crippen molar-refractivity contribution in [2.45, 2.75) is 13.5 Å². The van der Waals surface area contributed by atoms with Crippen molar-refractivity contribution in [3.8, 4) is 0 Å². The molecule has 1 N–H and O–H groups in total. The Bertz CT molecular complexity index is 663. The number of rotatable bonds is 5. The molecule has 0 bridgehead atoms. The Kier molecular flexibility index (Phi) is 4.11. The quantitative estimate of drug-likeness (QED) is 0.675. The molecule has 7 nitrogen and oxygen atoms in total. The molecule has 0 atom stereocenters. The fourth-order valence-corrected chi connectivity index (χ4v) is 2.15. The lowest BCUT2D eigenvalue weighted by molar-refractivity contribution is -0.384. The number of nitrogens with zero attached hydrogens (tertiary/aromatic N) is 4. The van der Waals surface area contributed by atoms with E-state index in [1.807, 2.05) is 37.5 Å². The standard InChI is InChI=1S/C14H19N5O2/c1-10-5-6-13(19(20)21)12(7-10)15-8-11-9-16-14(17(2)3)18(11)4/h5-7,9,15H,8H2,1-4H3. The molecule has 1 heterocycles. The summed E-state index contributed by atoms with van der Waals surface area (Å²) in [4.78, 5) is 16.9. The largest absolute Gasteiger partial charge is 0.374 e. The molecule has 7 heteroatoms. The van der Waals surface area contributed by atoms with Crippen molar-refractivity contribution in [3.05, 3.63) is 45.8 Å². The van der Waals surface area contributed by atoms with Crippen LogP contribution in [0, 0.1) is 17.0 Å². The van der Waals surface area contributed by atoms with Gasteiger partial charge in [-0.1, -0.05) is 6.07 Å². The van der Waals surface area contributed by atoms with E-state index in [-0.39, 0.29) is 10.6 Å². The van der Waals surface area contributed by atoms with Gasteiger partial charge in [-0.05, 0) is 18.6 Å². The first-order valence-corrected chi connectivity index (χ1v) is 6.57. The van der Waals surface area contributed by atoms with Crippen LogP contribution in [0.15, 0.2) is 24.4 Å². The molecular formula is C14H19N5O2. The number of anilines is 2. The number of benzene rings is 1. The van der Waals surface area contributed by atoms with Gasteiger partial charge in [-0.15, -0.1) is 0 Å². The molecule has 0 aliphatic rings. The zero-order valence-electron chi connectivity index (χ0n) is 12.6. The lowest BCUT2D eigenvalue weighted by atomic mass is 10.2. The van der Waals surface area contributed by atoms with Crippen molar-refractivity contribution in [2.24, 2.45) is 7.05 Å². The second kappa shape index (κ2) is 5.82. The Hall–Kier alpha value is -2.57. The van der Waals surface area contributed by atoms with E-state index in [9.17, 15) is 10.1 Å². The number of hydrogen-bond donors (Lipinski definition) is 1. The van der Waals surface area contributed by atoms with Gasteiger partial charge in [0.25, 0.3) is 5.69 Å².